The van der Waals surface area contributed by atoms with Crippen LogP contribution < -0.4 is 14.8 Å². The molecular formula is C20H16N2O3S. The highest BCUT2D eigenvalue weighted by Gasteiger charge is 2.11. The maximum Gasteiger partial charge on any atom is 0.274 e. The lowest BCUT2D eigenvalue weighted by Crippen LogP contribution is -2.22. The fraction of sp³-hybridized carbons (Fsp3) is 0.100. The van der Waals surface area contributed by atoms with Crippen LogP contribution in [-0.4, -0.2) is 21.6 Å². The van der Waals surface area contributed by atoms with Crippen LogP contribution in [0.4, 0.5) is 0 Å². The Morgan fingerprint density at radius 2 is 2.04 bits per heavy atom. The summed E-state index contributed by atoms with van der Waals surface area (Å²) in [6, 6.07) is 12.9. The molecule has 0 fully saturated rings. The minimum absolute atomic E-state index is 0.0656. The van der Waals surface area contributed by atoms with E-state index in [4.69, 9.17) is 4.74 Å². The van der Waals surface area contributed by atoms with Crippen LogP contribution in [0, 0.1) is 6.92 Å². The molecule has 130 valence electrons. The Morgan fingerprint density at radius 1 is 1.23 bits per heavy atom. The number of phenolic OH excluding ortho intramolecular Hbond substituents is 1. The molecule has 0 saturated heterocycles. The number of benzene rings is 2. The van der Waals surface area contributed by atoms with E-state index in [9.17, 15) is 9.90 Å². The number of aromatic hydroxyl groups is 1. The van der Waals surface area contributed by atoms with Crippen LogP contribution in [0.2, 0.25) is 0 Å². The number of nitrogens with zero attached hydrogens (tertiary/aromatic N) is 2. The van der Waals surface area contributed by atoms with E-state index in [-0.39, 0.29) is 11.3 Å². The van der Waals surface area contributed by atoms with Gasteiger partial charge in [-0.25, -0.2) is 4.98 Å². The Morgan fingerprint density at radius 3 is 2.77 bits per heavy atom. The number of hydrogen-bond donors (Lipinski definition) is 1. The second-order valence-corrected chi connectivity index (χ2v) is 6.95. The molecule has 0 aliphatic heterocycles. The van der Waals surface area contributed by atoms with Crippen LogP contribution >= 0.6 is 11.3 Å². The minimum Gasteiger partial charge on any atom is -0.504 e. The van der Waals surface area contributed by atoms with Gasteiger partial charge in [0, 0.05) is 11.8 Å². The first-order valence-corrected chi connectivity index (χ1v) is 8.85. The van der Waals surface area contributed by atoms with E-state index >= 15 is 0 Å². The first-order chi connectivity index (χ1) is 12.6. The number of thiazole rings is 1. The highest BCUT2D eigenvalue weighted by molar-refractivity contribution is 7.15. The topological polar surface area (TPSA) is 63.8 Å². The smallest absolute Gasteiger partial charge is 0.274 e. The van der Waals surface area contributed by atoms with Crippen molar-refractivity contribution in [1.82, 2.24) is 9.38 Å². The molecule has 0 aliphatic rings. The second-order valence-electron chi connectivity index (χ2n) is 5.94. The molecular weight excluding hydrogens is 348 g/mol. The molecule has 2 aromatic heterocycles. The van der Waals surface area contributed by atoms with Crippen LogP contribution in [0.3, 0.4) is 0 Å². The van der Waals surface area contributed by atoms with Crippen molar-refractivity contribution in [3.63, 3.8) is 0 Å². The van der Waals surface area contributed by atoms with Gasteiger partial charge in [-0.3, -0.25) is 9.20 Å². The number of phenols is 1. The molecule has 0 bridgehead atoms. The van der Waals surface area contributed by atoms with Crippen molar-refractivity contribution < 1.29 is 9.84 Å². The molecule has 4 aromatic rings. The molecule has 0 saturated carbocycles. The standard InChI is InChI=1S/C20H16N2O3S/c1-12-5-3-4-6-14(12)15-11-22-19(24)18(26-20(22)21-15)10-13-7-8-16(23)17(9-13)25-2/h3-11,23H,1-2H3. The van der Waals surface area contributed by atoms with Gasteiger partial charge >= 0.3 is 0 Å². The molecule has 2 heterocycles. The summed E-state index contributed by atoms with van der Waals surface area (Å²) in [6.07, 6.45) is 3.56. The molecule has 0 atom stereocenters. The fourth-order valence-electron chi connectivity index (χ4n) is 2.86. The first-order valence-electron chi connectivity index (χ1n) is 8.03. The summed E-state index contributed by atoms with van der Waals surface area (Å²) in [4.78, 5) is 18.0. The highest BCUT2D eigenvalue weighted by Crippen LogP contribution is 2.26. The predicted molar refractivity (Wildman–Crippen MR) is 103 cm³/mol. The number of hydrogen-bond acceptors (Lipinski definition) is 5. The van der Waals surface area contributed by atoms with Crippen molar-refractivity contribution in [2.24, 2.45) is 0 Å². The third-order valence-corrected chi connectivity index (χ3v) is 5.21. The van der Waals surface area contributed by atoms with E-state index in [1.807, 2.05) is 31.2 Å². The van der Waals surface area contributed by atoms with Gasteiger partial charge in [-0.15, -0.1) is 0 Å². The maximum atomic E-state index is 12.7. The van der Waals surface area contributed by atoms with Crippen LogP contribution in [0.1, 0.15) is 11.1 Å². The van der Waals surface area contributed by atoms with Crippen LogP contribution in [0.25, 0.3) is 22.3 Å². The van der Waals surface area contributed by atoms with E-state index in [1.165, 1.54) is 18.4 Å². The maximum absolute atomic E-state index is 12.7. The van der Waals surface area contributed by atoms with Crippen molar-refractivity contribution in [2.75, 3.05) is 7.11 Å². The number of methoxy groups -OCH3 is 1. The zero-order valence-corrected chi connectivity index (χ0v) is 15.1. The van der Waals surface area contributed by atoms with E-state index in [2.05, 4.69) is 4.98 Å². The molecule has 1 N–H and O–H groups in total. The van der Waals surface area contributed by atoms with E-state index < -0.39 is 0 Å². The molecule has 26 heavy (non-hydrogen) atoms. The average molecular weight is 364 g/mol. The Hall–Kier alpha value is -3.12. The summed E-state index contributed by atoms with van der Waals surface area (Å²) in [5, 5.41) is 9.69. The Balaban J connectivity index is 1.81. The third-order valence-electron chi connectivity index (χ3n) is 4.23. The second kappa shape index (κ2) is 6.31. The van der Waals surface area contributed by atoms with Gasteiger partial charge < -0.3 is 9.84 Å². The number of aromatic nitrogens is 2. The fourth-order valence-corrected chi connectivity index (χ4v) is 3.81. The van der Waals surface area contributed by atoms with Gasteiger partial charge in [-0.05, 0) is 36.3 Å². The van der Waals surface area contributed by atoms with Gasteiger partial charge in [0.1, 0.15) is 0 Å². The SMILES string of the molecule is COc1cc(C=c2sc3nc(-c4ccccc4C)cn3c2=O)ccc1O. The normalized spacial score (nSPS) is 12.0. The Labute approximate surface area is 153 Å². The zero-order valence-electron chi connectivity index (χ0n) is 14.3. The molecule has 5 nitrogen and oxygen atoms in total. The van der Waals surface area contributed by atoms with Gasteiger partial charge in [0.2, 0.25) is 0 Å². The quantitative estimate of drug-likeness (QED) is 0.607. The van der Waals surface area contributed by atoms with Crippen LogP contribution in [0.5, 0.6) is 11.5 Å². The molecule has 0 amide bonds. The van der Waals surface area contributed by atoms with Gasteiger partial charge in [0.25, 0.3) is 5.56 Å². The van der Waals surface area contributed by atoms with Crippen molar-refractivity contribution in [1.29, 1.82) is 0 Å². The van der Waals surface area contributed by atoms with Gasteiger partial charge in [-0.2, -0.15) is 0 Å². The van der Waals surface area contributed by atoms with E-state index in [0.717, 1.165) is 22.4 Å². The lowest BCUT2D eigenvalue weighted by Gasteiger charge is -2.03. The molecule has 0 unspecified atom stereocenters. The Bertz CT molecular complexity index is 1220. The molecule has 0 radical (unpaired) electrons. The number of ether oxygens (including phenoxy) is 1. The van der Waals surface area contributed by atoms with Crippen LogP contribution in [-0.2, 0) is 0 Å². The number of fused-ring (bicyclic) bond motifs is 1. The number of imidazole rings is 1. The monoisotopic (exact) mass is 364 g/mol. The summed E-state index contributed by atoms with van der Waals surface area (Å²) >= 11 is 1.34. The average Bonchev–Trinajstić information content (AvgIpc) is 3.17. The molecule has 2 aromatic carbocycles. The van der Waals surface area contributed by atoms with Gasteiger partial charge in [-0.1, -0.05) is 41.7 Å². The zero-order chi connectivity index (χ0) is 18.3. The Kier molecular flexibility index (Phi) is 3.97. The van der Waals surface area contributed by atoms with Gasteiger partial charge in [0.05, 0.1) is 17.3 Å². The van der Waals surface area contributed by atoms with Crippen molar-refractivity contribution in [2.45, 2.75) is 6.92 Å². The lowest BCUT2D eigenvalue weighted by atomic mass is 10.1. The minimum atomic E-state index is -0.107. The number of aryl methyl sites for hydroxylation is 1. The lowest BCUT2D eigenvalue weighted by molar-refractivity contribution is 0.373. The summed E-state index contributed by atoms with van der Waals surface area (Å²) in [7, 11) is 1.49. The molecule has 4 rings (SSSR count). The van der Waals surface area contributed by atoms with Crippen molar-refractivity contribution in [3.8, 4) is 22.8 Å². The van der Waals surface area contributed by atoms with Crippen LogP contribution in [0.15, 0.2) is 53.5 Å². The largest absolute Gasteiger partial charge is 0.504 e. The van der Waals surface area contributed by atoms with Crippen molar-refractivity contribution >= 4 is 22.4 Å². The summed E-state index contributed by atoms with van der Waals surface area (Å²) < 4.78 is 7.27. The number of rotatable bonds is 3. The summed E-state index contributed by atoms with van der Waals surface area (Å²) in [6.45, 7) is 2.03. The van der Waals surface area contributed by atoms with Crippen molar-refractivity contribution in [3.05, 3.63) is 74.7 Å². The summed E-state index contributed by atoms with van der Waals surface area (Å²) in [5.41, 5.74) is 3.61. The molecule has 0 spiro atoms. The van der Waals surface area contributed by atoms with E-state index in [1.54, 1.807) is 34.9 Å². The summed E-state index contributed by atoms with van der Waals surface area (Å²) in [5.74, 6) is 0.435. The highest BCUT2D eigenvalue weighted by atomic mass is 32.1. The molecule has 6 heteroatoms. The van der Waals surface area contributed by atoms with Gasteiger partial charge in [0.15, 0.2) is 16.5 Å². The molecule has 0 aliphatic carbocycles. The van der Waals surface area contributed by atoms with E-state index in [0.29, 0.717) is 15.2 Å². The predicted octanol–water partition coefficient (Wildman–Crippen LogP) is 2.99. The third kappa shape index (κ3) is 2.74. The first kappa shape index (κ1) is 16.4.